The third-order valence-electron chi connectivity index (χ3n) is 9.38. The zero-order valence-electron chi connectivity index (χ0n) is 23.8. The Kier molecular flexibility index (Phi) is 4.75. The van der Waals surface area contributed by atoms with E-state index in [1.807, 2.05) is 0 Å². The summed E-state index contributed by atoms with van der Waals surface area (Å²) in [5, 5.41) is 12.2. The van der Waals surface area contributed by atoms with Gasteiger partial charge in [0, 0.05) is 32.4 Å². The number of hydrogen-bond acceptors (Lipinski definition) is 1. The molecule has 204 valence electrons. The van der Waals surface area contributed by atoms with Crippen molar-refractivity contribution >= 4 is 76.1 Å². The van der Waals surface area contributed by atoms with Crippen LogP contribution in [0.4, 0.5) is 0 Å². The van der Waals surface area contributed by atoms with Crippen molar-refractivity contribution in [3.05, 3.63) is 146 Å². The molecule has 8 aromatic carbocycles. The molecule has 10 aromatic rings. The molecule has 0 aliphatic heterocycles. The smallest absolute Gasteiger partial charge is 0.136 e. The third kappa shape index (κ3) is 3.20. The number of H-pyrrole nitrogens is 1. The van der Waals surface area contributed by atoms with E-state index in [-0.39, 0.29) is 0 Å². The molecule has 0 unspecified atom stereocenters. The number of benzene rings is 8. The minimum absolute atomic E-state index is 0.904. The van der Waals surface area contributed by atoms with Gasteiger partial charge in [0.1, 0.15) is 11.2 Å². The molecule has 0 saturated heterocycles. The van der Waals surface area contributed by atoms with Crippen molar-refractivity contribution in [3.8, 4) is 22.3 Å². The predicted octanol–water partition coefficient (Wildman–Crippen LogP) is 12.0. The lowest BCUT2D eigenvalue weighted by Crippen LogP contribution is -1.90. The second kappa shape index (κ2) is 8.82. The highest BCUT2D eigenvalue weighted by Crippen LogP contribution is 2.46. The quantitative estimate of drug-likeness (QED) is 0.210. The fraction of sp³-hybridized carbons (Fsp3) is 0. The van der Waals surface area contributed by atoms with Crippen LogP contribution in [0.5, 0.6) is 0 Å². The average Bonchev–Trinajstić information content (AvgIpc) is 3.65. The van der Waals surface area contributed by atoms with E-state index in [1.165, 1.54) is 70.9 Å². The first-order valence-electron chi connectivity index (χ1n) is 15.1. The summed E-state index contributed by atoms with van der Waals surface area (Å²) in [5.41, 5.74) is 9.07. The van der Waals surface area contributed by atoms with Crippen LogP contribution in [0.2, 0.25) is 0 Å². The first kappa shape index (κ1) is 23.7. The zero-order chi connectivity index (χ0) is 28.8. The Morgan fingerprint density at radius 1 is 0.386 bits per heavy atom. The molecule has 0 spiro atoms. The number of rotatable bonds is 2. The maximum absolute atomic E-state index is 6.50. The lowest BCUT2D eigenvalue weighted by Gasteiger charge is -2.17. The number of nitrogens with one attached hydrogen (secondary N) is 1. The highest BCUT2D eigenvalue weighted by atomic mass is 16.3. The molecule has 44 heavy (non-hydrogen) atoms. The molecule has 0 amide bonds. The van der Waals surface area contributed by atoms with Gasteiger partial charge in [0.25, 0.3) is 0 Å². The van der Waals surface area contributed by atoms with E-state index in [9.17, 15) is 0 Å². The lowest BCUT2D eigenvalue weighted by molar-refractivity contribution is 0.669. The van der Waals surface area contributed by atoms with Gasteiger partial charge in [-0.2, -0.15) is 0 Å². The van der Waals surface area contributed by atoms with Gasteiger partial charge in [0.15, 0.2) is 0 Å². The summed E-state index contributed by atoms with van der Waals surface area (Å²) >= 11 is 0. The molecule has 2 nitrogen and oxygen atoms in total. The van der Waals surface area contributed by atoms with Crippen LogP contribution in [0.3, 0.4) is 0 Å². The molecule has 0 aliphatic rings. The topological polar surface area (TPSA) is 28.9 Å². The van der Waals surface area contributed by atoms with Crippen LogP contribution in [-0.2, 0) is 0 Å². The molecular weight excluding hydrogens is 534 g/mol. The van der Waals surface area contributed by atoms with Gasteiger partial charge in [-0.3, -0.25) is 0 Å². The Hall–Kier alpha value is -5.86. The molecule has 0 bridgehead atoms. The van der Waals surface area contributed by atoms with Crippen LogP contribution in [0.25, 0.3) is 98.3 Å². The van der Waals surface area contributed by atoms with E-state index in [0.717, 1.165) is 27.5 Å². The Morgan fingerprint density at radius 3 is 1.73 bits per heavy atom. The molecule has 2 heterocycles. The molecule has 10 rings (SSSR count). The SMILES string of the molecule is c1ccc(-c2c3ccccc3c(-c3ccc4oc5ccc6[nH]c7c8ccccc8ccc7c6c5c4c3)c3ccccc23)cc1. The second-order valence-corrected chi connectivity index (χ2v) is 11.7. The van der Waals surface area contributed by atoms with Crippen molar-refractivity contribution in [1.29, 1.82) is 0 Å². The van der Waals surface area contributed by atoms with E-state index >= 15 is 0 Å². The predicted molar refractivity (Wildman–Crippen MR) is 186 cm³/mol. The molecule has 1 N–H and O–H groups in total. The van der Waals surface area contributed by atoms with E-state index in [0.29, 0.717) is 0 Å². The van der Waals surface area contributed by atoms with Gasteiger partial charge >= 0.3 is 0 Å². The van der Waals surface area contributed by atoms with Crippen molar-refractivity contribution in [2.75, 3.05) is 0 Å². The molecule has 0 atom stereocenters. The van der Waals surface area contributed by atoms with Crippen molar-refractivity contribution in [2.45, 2.75) is 0 Å². The Bertz CT molecular complexity index is 2710. The number of aromatic amines is 1. The van der Waals surface area contributed by atoms with E-state index in [1.54, 1.807) is 0 Å². The van der Waals surface area contributed by atoms with Crippen LogP contribution in [-0.4, -0.2) is 4.98 Å². The van der Waals surface area contributed by atoms with Gasteiger partial charge in [-0.15, -0.1) is 0 Å². The fourth-order valence-corrected chi connectivity index (χ4v) is 7.51. The standard InChI is InChI=1S/C42H25NO/c1-2-11-26(12-3-1)38-29-14-6-8-16-31(29)39(32-17-9-7-15-30(32)38)27-19-22-36-34(24-27)41-37(44-36)23-21-35-40(41)33-20-18-25-10-4-5-13-28(25)42(33)43-35/h1-24,43H. The fourth-order valence-electron chi connectivity index (χ4n) is 7.51. The van der Waals surface area contributed by atoms with E-state index in [2.05, 4.69) is 151 Å². The normalized spacial score (nSPS) is 12.1. The van der Waals surface area contributed by atoms with E-state index < -0.39 is 0 Å². The molecule has 0 saturated carbocycles. The number of aromatic nitrogens is 1. The van der Waals surface area contributed by atoms with E-state index in [4.69, 9.17) is 4.42 Å². The van der Waals surface area contributed by atoms with Gasteiger partial charge in [0.05, 0.1) is 5.52 Å². The summed E-state index contributed by atoms with van der Waals surface area (Å²) in [4.78, 5) is 3.74. The number of fused-ring (bicyclic) bond motifs is 11. The first-order chi connectivity index (χ1) is 21.8. The summed E-state index contributed by atoms with van der Waals surface area (Å²) in [6.07, 6.45) is 0. The van der Waals surface area contributed by atoms with Gasteiger partial charge in [-0.25, -0.2) is 0 Å². The minimum atomic E-state index is 0.904. The summed E-state index contributed by atoms with van der Waals surface area (Å²) < 4.78 is 6.50. The third-order valence-corrected chi connectivity index (χ3v) is 9.38. The monoisotopic (exact) mass is 559 g/mol. The summed E-state index contributed by atoms with van der Waals surface area (Å²) in [6, 6.07) is 52.5. The summed E-state index contributed by atoms with van der Waals surface area (Å²) in [7, 11) is 0. The Balaban J connectivity index is 1.32. The van der Waals surface area contributed by atoms with Crippen molar-refractivity contribution in [1.82, 2.24) is 4.98 Å². The van der Waals surface area contributed by atoms with Gasteiger partial charge in [0.2, 0.25) is 0 Å². The molecule has 2 heteroatoms. The van der Waals surface area contributed by atoms with Gasteiger partial charge in [-0.05, 0) is 73.5 Å². The number of furan rings is 1. The molecule has 0 aliphatic carbocycles. The maximum atomic E-state index is 6.50. The lowest BCUT2D eigenvalue weighted by atomic mass is 9.86. The van der Waals surface area contributed by atoms with Gasteiger partial charge < -0.3 is 9.40 Å². The molecular formula is C42H25NO. The highest BCUT2D eigenvalue weighted by Gasteiger charge is 2.19. The van der Waals surface area contributed by atoms with Crippen LogP contribution >= 0.6 is 0 Å². The molecule has 2 aromatic heterocycles. The van der Waals surface area contributed by atoms with Gasteiger partial charge in [-0.1, -0.05) is 121 Å². The second-order valence-electron chi connectivity index (χ2n) is 11.7. The summed E-state index contributed by atoms with van der Waals surface area (Å²) in [6.45, 7) is 0. The number of hydrogen-bond donors (Lipinski definition) is 1. The first-order valence-corrected chi connectivity index (χ1v) is 15.1. The van der Waals surface area contributed by atoms with Crippen LogP contribution in [0.1, 0.15) is 0 Å². The average molecular weight is 560 g/mol. The van der Waals surface area contributed by atoms with Crippen LogP contribution < -0.4 is 0 Å². The van der Waals surface area contributed by atoms with Crippen LogP contribution in [0.15, 0.2) is 150 Å². The molecule has 0 radical (unpaired) electrons. The highest BCUT2D eigenvalue weighted by molar-refractivity contribution is 6.30. The summed E-state index contributed by atoms with van der Waals surface area (Å²) in [5.74, 6) is 0. The Labute approximate surface area is 252 Å². The largest absolute Gasteiger partial charge is 0.456 e. The zero-order valence-corrected chi connectivity index (χ0v) is 23.8. The van der Waals surface area contributed by atoms with Crippen molar-refractivity contribution in [2.24, 2.45) is 0 Å². The van der Waals surface area contributed by atoms with Crippen molar-refractivity contribution in [3.63, 3.8) is 0 Å². The minimum Gasteiger partial charge on any atom is -0.456 e. The van der Waals surface area contributed by atoms with Crippen molar-refractivity contribution < 1.29 is 4.42 Å². The maximum Gasteiger partial charge on any atom is 0.136 e. The molecule has 0 fully saturated rings. The van der Waals surface area contributed by atoms with Crippen LogP contribution in [0, 0.1) is 0 Å². The Morgan fingerprint density at radius 2 is 1.00 bits per heavy atom.